The number of nitrogens with zero attached hydrogens (tertiary/aromatic N) is 2. The smallest absolute Gasteiger partial charge is 0.229 e. The fourth-order valence-corrected chi connectivity index (χ4v) is 2.78. The zero-order valence-electron chi connectivity index (χ0n) is 14.4. The Balaban J connectivity index is 1.82. The summed E-state index contributed by atoms with van der Waals surface area (Å²) < 4.78 is 24.3. The molecule has 0 unspecified atom stereocenters. The topological polar surface area (TPSA) is 68.3 Å². The summed E-state index contributed by atoms with van der Waals surface area (Å²) in [6.45, 7) is 0. The Morgan fingerprint density at radius 3 is 1.96 bits per heavy atom. The number of methoxy groups -OCH3 is 2. The van der Waals surface area contributed by atoms with Crippen molar-refractivity contribution in [3.8, 4) is 11.5 Å². The van der Waals surface area contributed by atoms with E-state index < -0.39 is 5.82 Å². The van der Waals surface area contributed by atoms with Gasteiger partial charge in [-0.3, -0.25) is 0 Å². The molecule has 3 aromatic rings. The van der Waals surface area contributed by atoms with Crippen molar-refractivity contribution in [3.05, 3.63) is 58.5 Å². The average Bonchev–Trinajstić information content (AvgIpc) is 2.65. The van der Waals surface area contributed by atoms with E-state index in [1.54, 1.807) is 36.4 Å². The van der Waals surface area contributed by atoms with Crippen molar-refractivity contribution < 1.29 is 13.9 Å². The molecule has 2 N–H and O–H groups in total. The normalized spacial score (nSPS) is 10.4. The van der Waals surface area contributed by atoms with Crippen LogP contribution in [0.1, 0.15) is 0 Å². The van der Waals surface area contributed by atoms with Crippen LogP contribution in [0.5, 0.6) is 11.5 Å². The number of benzene rings is 2. The molecule has 6 nitrogen and oxygen atoms in total. The fraction of sp³-hybridized carbons (Fsp3) is 0.111. The van der Waals surface area contributed by atoms with Gasteiger partial charge in [-0.1, -0.05) is 23.2 Å². The standard InChI is InChI=1S/C18H15Cl2FN4O2/c1-26-15-5-3-10(7-12(15)19)23-17-14(21)9-22-18(25-17)24-11-4-6-16(27-2)13(20)8-11/h3-9H,1-2H3,(H2,22,23,24,25). The van der Waals surface area contributed by atoms with Crippen LogP contribution in [0.15, 0.2) is 42.6 Å². The molecule has 0 bridgehead atoms. The number of rotatable bonds is 6. The van der Waals surface area contributed by atoms with Crippen LogP contribution in [0.25, 0.3) is 0 Å². The predicted molar refractivity (Wildman–Crippen MR) is 105 cm³/mol. The van der Waals surface area contributed by atoms with Crippen LogP contribution < -0.4 is 20.1 Å². The molecule has 0 aliphatic rings. The largest absolute Gasteiger partial charge is 0.495 e. The van der Waals surface area contributed by atoms with E-state index in [9.17, 15) is 4.39 Å². The van der Waals surface area contributed by atoms with Crippen molar-refractivity contribution in [2.75, 3.05) is 24.9 Å². The third-order valence-electron chi connectivity index (χ3n) is 3.57. The lowest BCUT2D eigenvalue weighted by Crippen LogP contribution is -2.03. The zero-order valence-corrected chi connectivity index (χ0v) is 15.9. The third-order valence-corrected chi connectivity index (χ3v) is 4.16. The first-order valence-corrected chi connectivity index (χ1v) is 8.49. The van der Waals surface area contributed by atoms with Gasteiger partial charge in [0.2, 0.25) is 5.95 Å². The lowest BCUT2D eigenvalue weighted by Gasteiger charge is -2.11. The maximum atomic E-state index is 14.1. The molecule has 0 radical (unpaired) electrons. The third kappa shape index (κ3) is 4.50. The van der Waals surface area contributed by atoms with Gasteiger partial charge in [-0.25, -0.2) is 9.37 Å². The van der Waals surface area contributed by atoms with Crippen LogP contribution in [0, 0.1) is 5.82 Å². The van der Waals surface area contributed by atoms with Crippen LogP contribution in [-0.2, 0) is 0 Å². The molecule has 0 saturated carbocycles. The van der Waals surface area contributed by atoms with Crippen molar-refractivity contribution >= 4 is 46.3 Å². The summed E-state index contributed by atoms with van der Waals surface area (Å²) in [4.78, 5) is 8.09. The molecular formula is C18H15Cl2FN4O2. The van der Waals surface area contributed by atoms with Gasteiger partial charge in [0, 0.05) is 11.4 Å². The van der Waals surface area contributed by atoms with E-state index in [1.165, 1.54) is 14.2 Å². The van der Waals surface area contributed by atoms with Gasteiger partial charge in [-0.2, -0.15) is 4.98 Å². The summed E-state index contributed by atoms with van der Waals surface area (Å²) in [7, 11) is 3.04. The van der Waals surface area contributed by atoms with Gasteiger partial charge in [0.05, 0.1) is 30.5 Å². The summed E-state index contributed by atoms with van der Waals surface area (Å²) in [5, 5.41) is 6.65. The molecule has 0 saturated heterocycles. The molecular weight excluding hydrogens is 394 g/mol. The molecule has 27 heavy (non-hydrogen) atoms. The maximum Gasteiger partial charge on any atom is 0.229 e. The molecule has 0 aliphatic heterocycles. The Morgan fingerprint density at radius 1 is 0.889 bits per heavy atom. The first-order valence-electron chi connectivity index (χ1n) is 7.74. The second-order valence-corrected chi connectivity index (χ2v) is 6.15. The number of anilines is 4. The van der Waals surface area contributed by atoms with Gasteiger partial charge in [0.15, 0.2) is 11.6 Å². The Morgan fingerprint density at radius 2 is 1.44 bits per heavy atom. The van der Waals surface area contributed by atoms with Gasteiger partial charge < -0.3 is 20.1 Å². The SMILES string of the molecule is COc1ccc(Nc2ncc(F)c(Nc3ccc(OC)c(Cl)c3)n2)cc1Cl. The van der Waals surface area contributed by atoms with Gasteiger partial charge in [-0.15, -0.1) is 0 Å². The maximum absolute atomic E-state index is 14.1. The summed E-state index contributed by atoms with van der Waals surface area (Å²) in [5.74, 6) is 0.637. The number of hydrogen-bond donors (Lipinski definition) is 2. The van der Waals surface area contributed by atoms with E-state index in [4.69, 9.17) is 32.7 Å². The van der Waals surface area contributed by atoms with Gasteiger partial charge in [0.25, 0.3) is 0 Å². The number of nitrogens with one attached hydrogen (secondary N) is 2. The van der Waals surface area contributed by atoms with E-state index in [2.05, 4.69) is 20.6 Å². The second kappa shape index (κ2) is 8.28. The van der Waals surface area contributed by atoms with Crippen LogP contribution in [0.4, 0.5) is 27.5 Å². The number of hydrogen-bond acceptors (Lipinski definition) is 6. The minimum atomic E-state index is -0.611. The Kier molecular flexibility index (Phi) is 5.83. The highest BCUT2D eigenvalue weighted by Gasteiger charge is 2.10. The summed E-state index contributed by atoms with van der Waals surface area (Å²) in [6.07, 6.45) is 1.06. The minimum absolute atomic E-state index is 0.00616. The van der Waals surface area contributed by atoms with Crippen molar-refractivity contribution in [1.29, 1.82) is 0 Å². The van der Waals surface area contributed by atoms with Crippen molar-refractivity contribution in [1.82, 2.24) is 9.97 Å². The lowest BCUT2D eigenvalue weighted by atomic mass is 10.3. The second-order valence-electron chi connectivity index (χ2n) is 5.34. The number of halogens is 3. The first-order chi connectivity index (χ1) is 13.0. The first kappa shape index (κ1) is 19.0. The highest BCUT2D eigenvalue weighted by Crippen LogP contribution is 2.30. The molecule has 0 fully saturated rings. The van der Waals surface area contributed by atoms with E-state index in [-0.39, 0.29) is 11.8 Å². The molecule has 1 heterocycles. The van der Waals surface area contributed by atoms with Gasteiger partial charge in [0.1, 0.15) is 11.5 Å². The van der Waals surface area contributed by atoms with Crippen molar-refractivity contribution in [3.63, 3.8) is 0 Å². The van der Waals surface area contributed by atoms with Crippen molar-refractivity contribution in [2.45, 2.75) is 0 Å². The van der Waals surface area contributed by atoms with Gasteiger partial charge >= 0.3 is 0 Å². The van der Waals surface area contributed by atoms with Crippen LogP contribution in [-0.4, -0.2) is 24.2 Å². The number of aromatic nitrogens is 2. The number of ether oxygens (including phenoxy) is 2. The van der Waals surface area contributed by atoms with E-state index in [1.807, 2.05) is 0 Å². The van der Waals surface area contributed by atoms with Gasteiger partial charge in [-0.05, 0) is 36.4 Å². The Bertz CT molecular complexity index is 972. The van der Waals surface area contributed by atoms with Crippen LogP contribution in [0.3, 0.4) is 0 Å². The fourth-order valence-electron chi connectivity index (χ4n) is 2.27. The molecule has 9 heteroatoms. The molecule has 0 atom stereocenters. The molecule has 2 aromatic carbocycles. The van der Waals surface area contributed by atoms with Crippen LogP contribution in [0.2, 0.25) is 10.0 Å². The highest BCUT2D eigenvalue weighted by molar-refractivity contribution is 6.32. The zero-order chi connectivity index (χ0) is 19.4. The minimum Gasteiger partial charge on any atom is -0.495 e. The molecule has 0 spiro atoms. The summed E-state index contributed by atoms with van der Waals surface area (Å²) >= 11 is 12.2. The quantitative estimate of drug-likeness (QED) is 0.566. The Labute approximate surface area is 165 Å². The molecule has 1 aromatic heterocycles. The van der Waals surface area contributed by atoms with Crippen LogP contribution >= 0.6 is 23.2 Å². The monoisotopic (exact) mass is 408 g/mol. The highest BCUT2D eigenvalue weighted by atomic mass is 35.5. The average molecular weight is 409 g/mol. The predicted octanol–water partition coefficient (Wildman–Crippen LogP) is 5.43. The lowest BCUT2D eigenvalue weighted by molar-refractivity contribution is 0.415. The molecule has 0 amide bonds. The summed E-state index contributed by atoms with van der Waals surface area (Å²) in [6, 6.07) is 10.1. The van der Waals surface area contributed by atoms with E-state index in [0.717, 1.165) is 6.20 Å². The van der Waals surface area contributed by atoms with Crippen molar-refractivity contribution in [2.24, 2.45) is 0 Å². The summed E-state index contributed by atoms with van der Waals surface area (Å²) in [5.41, 5.74) is 1.18. The molecule has 3 rings (SSSR count). The van der Waals surface area contributed by atoms with E-state index >= 15 is 0 Å². The molecule has 140 valence electrons. The molecule has 0 aliphatic carbocycles. The Hall–Kier alpha value is -2.77. The van der Waals surface area contributed by atoms with E-state index in [0.29, 0.717) is 32.9 Å².